The number of carbonyl (C=O) groups excluding carboxylic acids is 2. The quantitative estimate of drug-likeness (QED) is 0.405. The highest BCUT2D eigenvalue weighted by Gasteiger charge is 2.11. The second-order valence-electron chi connectivity index (χ2n) is 3.24. The number of unbranched alkanes of at least 4 members (excludes halogenated alkanes) is 2. The Balaban J connectivity index is 3.75. The summed E-state index contributed by atoms with van der Waals surface area (Å²) in [5.41, 5.74) is 0. The van der Waals surface area contributed by atoms with Crippen molar-refractivity contribution in [2.75, 3.05) is 26.3 Å². The van der Waals surface area contributed by atoms with Crippen LogP contribution in [-0.2, 0) is 9.59 Å². The molecular formula is C10H19NO4. The summed E-state index contributed by atoms with van der Waals surface area (Å²) in [4.78, 5) is 23.0. The molecule has 0 fully saturated rings. The fraction of sp³-hybridized carbons (Fsp3) is 0.800. The molecule has 0 rings (SSSR count). The van der Waals surface area contributed by atoms with Gasteiger partial charge in [-0.1, -0.05) is 0 Å². The Hall–Kier alpha value is -0.940. The number of rotatable bonds is 9. The van der Waals surface area contributed by atoms with Gasteiger partial charge >= 0.3 is 0 Å². The van der Waals surface area contributed by atoms with Gasteiger partial charge in [0.15, 0.2) is 0 Å². The standard InChI is InChI=1S/C10H19NO4/c12-7-3-1-2-4-10(15)11(5-8-13)6-9-14/h7,13-14H,1-6,8-9H2. The molecule has 5 heteroatoms. The number of aliphatic hydroxyl groups is 2. The van der Waals surface area contributed by atoms with E-state index in [1.807, 2.05) is 0 Å². The average Bonchev–Trinajstić information content (AvgIpc) is 2.24. The maximum Gasteiger partial charge on any atom is 0.222 e. The van der Waals surface area contributed by atoms with E-state index >= 15 is 0 Å². The van der Waals surface area contributed by atoms with Crippen LogP contribution < -0.4 is 0 Å². The molecule has 0 heterocycles. The van der Waals surface area contributed by atoms with Gasteiger partial charge in [0.1, 0.15) is 6.29 Å². The third-order valence-electron chi connectivity index (χ3n) is 2.06. The Morgan fingerprint density at radius 2 is 1.73 bits per heavy atom. The monoisotopic (exact) mass is 217 g/mol. The van der Waals surface area contributed by atoms with E-state index in [9.17, 15) is 9.59 Å². The Morgan fingerprint density at radius 3 is 2.20 bits per heavy atom. The van der Waals surface area contributed by atoms with Crippen molar-refractivity contribution in [3.05, 3.63) is 0 Å². The number of aliphatic hydroxyl groups excluding tert-OH is 2. The molecule has 0 radical (unpaired) electrons. The van der Waals surface area contributed by atoms with Crippen LogP contribution in [0.5, 0.6) is 0 Å². The molecule has 0 saturated carbocycles. The van der Waals surface area contributed by atoms with E-state index in [0.29, 0.717) is 25.7 Å². The summed E-state index contributed by atoms with van der Waals surface area (Å²) >= 11 is 0. The first kappa shape index (κ1) is 14.1. The zero-order valence-corrected chi connectivity index (χ0v) is 8.89. The lowest BCUT2D eigenvalue weighted by Crippen LogP contribution is -2.35. The summed E-state index contributed by atoms with van der Waals surface area (Å²) in [6.45, 7) is 0.320. The van der Waals surface area contributed by atoms with Crippen LogP contribution in [0.2, 0.25) is 0 Å². The fourth-order valence-electron chi connectivity index (χ4n) is 1.26. The van der Waals surface area contributed by atoms with Crippen molar-refractivity contribution in [2.24, 2.45) is 0 Å². The lowest BCUT2D eigenvalue weighted by molar-refractivity contribution is -0.132. The van der Waals surface area contributed by atoms with Crippen molar-refractivity contribution in [3.8, 4) is 0 Å². The molecule has 15 heavy (non-hydrogen) atoms. The number of nitrogens with zero attached hydrogens (tertiary/aromatic N) is 1. The molecule has 0 spiro atoms. The van der Waals surface area contributed by atoms with Crippen molar-refractivity contribution in [1.29, 1.82) is 0 Å². The first-order valence-corrected chi connectivity index (χ1v) is 5.19. The van der Waals surface area contributed by atoms with Gasteiger partial charge < -0.3 is 19.9 Å². The topological polar surface area (TPSA) is 77.8 Å². The van der Waals surface area contributed by atoms with Gasteiger partial charge in [0.25, 0.3) is 0 Å². The van der Waals surface area contributed by atoms with Crippen LogP contribution in [0, 0.1) is 0 Å². The Bertz CT molecular complexity index is 178. The van der Waals surface area contributed by atoms with E-state index in [-0.39, 0.29) is 32.2 Å². The van der Waals surface area contributed by atoms with Gasteiger partial charge in [0.05, 0.1) is 13.2 Å². The molecule has 0 aliphatic carbocycles. The maximum absolute atomic E-state index is 11.5. The Morgan fingerprint density at radius 1 is 1.13 bits per heavy atom. The molecule has 1 amide bonds. The van der Waals surface area contributed by atoms with E-state index in [4.69, 9.17) is 10.2 Å². The maximum atomic E-state index is 11.5. The number of aldehydes is 1. The van der Waals surface area contributed by atoms with Crippen LogP contribution in [0.25, 0.3) is 0 Å². The number of amides is 1. The van der Waals surface area contributed by atoms with Gasteiger partial charge in [-0.25, -0.2) is 0 Å². The largest absolute Gasteiger partial charge is 0.395 e. The molecule has 0 aromatic heterocycles. The van der Waals surface area contributed by atoms with Gasteiger partial charge in [-0.2, -0.15) is 0 Å². The molecule has 0 aliphatic heterocycles. The summed E-state index contributed by atoms with van der Waals surface area (Å²) in [6.07, 6.45) is 3.07. The van der Waals surface area contributed by atoms with Crippen LogP contribution in [0.3, 0.4) is 0 Å². The predicted octanol–water partition coefficient (Wildman–Crippen LogP) is -0.441. The fourth-order valence-corrected chi connectivity index (χ4v) is 1.26. The van der Waals surface area contributed by atoms with E-state index in [1.54, 1.807) is 0 Å². The lowest BCUT2D eigenvalue weighted by atomic mass is 10.2. The van der Waals surface area contributed by atoms with E-state index in [1.165, 1.54) is 4.90 Å². The van der Waals surface area contributed by atoms with Crippen LogP contribution in [0.1, 0.15) is 25.7 Å². The number of hydrogen-bond donors (Lipinski definition) is 2. The highest BCUT2D eigenvalue weighted by molar-refractivity contribution is 5.76. The molecule has 5 nitrogen and oxygen atoms in total. The molecule has 0 aromatic rings. The van der Waals surface area contributed by atoms with Crippen molar-refractivity contribution in [1.82, 2.24) is 4.90 Å². The van der Waals surface area contributed by atoms with E-state index in [0.717, 1.165) is 6.29 Å². The normalized spacial score (nSPS) is 10.0. The van der Waals surface area contributed by atoms with Gasteiger partial charge in [-0.15, -0.1) is 0 Å². The minimum atomic E-state index is -0.0971. The van der Waals surface area contributed by atoms with Gasteiger partial charge in [-0.05, 0) is 12.8 Å². The summed E-state index contributed by atoms with van der Waals surface area (Å²) in [7, 11) is 0. The number of carbonyl (C=O) groups is 2. The van der Waals surface area contributed by atoms with Crippen LogP contribution in [0.4, 0.5) is 0 Å². The predicted molar refractivity (Wildman–Crippen MR) is 55.3 cm³/mol. The van der Waals surface area contributed by atoms with Crippen molar-refractivity contribution >= 4 is 12.2 Å². The van der Waals surface area contributed by atoms with Crippen molar-refractivity contribution in [2.45, 2.75) is 25.7 Å². The van der Waals surface area contributed by atoms with E-state index in [2.05, 4.69) is 0 Å². The number of hydrogen-bond acceptors (Lipinski definition) is 4. The first-order valence-electron chi connectivity index (χ1n) is 5.19. The third-order valence-corrected chi connectivity index (χ3v) is 2.06. The molecule has 0 saturated heterocycles. The van der Waals surface area contributed by atoms with Crippen LogP contribution in [0.15, 0.2) is 0 Å². The minimum Gasteiger partial charge on any atom is -0.395 e. The summed E-state index contributed by atoms with van der Waals surface area (Å²) < 4.78 is 0. The van der Waals surface area contributed by atoms with Crippen LogP contribution in [-0.4, -0.2) is 53.6 Å². The molecule has 0 atom stereocenters. The van der Waals surface area contributed by atoms with E-state index < -0.39 is 0 Å². The van der Waals surface area contributed by atoms with Crippen molar-refractivity contribution < 1.29 is 19.8 Å². The highest BCUT2D eigenvalue weighted by Crippen LogP contribution is 2.02. The Kier molecular flexibility index (Phi) is 9.01. The molecule has 0 aromatic carbocycles. The summed E-state index contributed by atoms with van der Waals surface area (Å²) in [5, 5.41) is 17.4. The van der Waals surface area contributed by atoms with Gasteiger partial charge in [0.2, 0.25) is 5.91 Å². The van der Waals surface area contributed by atoms with Crippen molar-refractivity contribution in [3.63, 3.8) is 0 Å². The second-order valence-corrected chi connectivity index (χ2v) is 3.24. The first-order chi connectivity index (χ1) is 7.26. The lowest BCUT2D eigenvalue weighted by Gasteiger charge is -2.20. The average molecular weight is 217 g/mol. The second kappa shape index (κ2) is 9.61. The molecular weight excluding hydrogens is 198 g/mol. The molecule has 88 valence electrons. The zero-order valence-electron chi connectivity index (χ0n) is 8.89. The molecule has 0 aliphatic rings. The van der Waals surface area contributed by atoms with Crippen LogP contribution >= 0.6 is 0 Å². The SMILES string of the molecule is O=CCCCCC(=O)N(CCO)CCO. The smallest absolute Gasteiger partial charge is 0.222 e. The van der Waals surface area contributed by atoms with Gasteiger partial charge in [0, 0.05) is 25.9 Å². The minimum absolute atomic E-state index is 0.0796. The zero-order chi connectivity index (χ0) is 11.5. The molecule has 0 bridgehead atoms. The molecule has 2 N–H and O–H groups in total. The van der Waals surface area contributed by atoms with Gasteiger partial charge in [-0.3, -0.25) is 4.79 Å². The third kappa shape index (κ3) is 7.04. The summed E-state index contributed by atoms with van der Waals surface area (Å²) in [5.74, 6) is -0.0796. The highest BCUT2D eigenvalue weighted by atomic mass is 16.3. The Labute approximate surface area is 89.7 Å². The molecule has 0 unspecified atom stereocenters. The summed E-state index contributed by atoms with van der Waals surface area (Å²) in [6, 6.07) is 0.